The van der Waals surface area contributed by atoms with E-state index in [1.165, 1.54) is 6.07 Å². The molecule has 2 aromatic carbocycles. The first-order valence-corrected chi connectivity index (χ1v) is 9.19. The summed E-state index contributed by atoms with van der Waals surface area (Å²) < 4.78 is 11.7. The summed E-state index contributed by atoms with van der Waals surface area (Å²) in [4.78, 5) is 24.4. The SMILES string of the molecule is COc1ccc(-c2ccc(=O)n(CC(=O)NCc3ccc(Cl)cc3)n2)cc1OC. The smallest absolute Gasteiger partial charge is 0.267 e. The number of carbonyl (C=O) groups excluding carboxylic acids is 1. The Kier molecular flexibility index (Phi) is 6.51. The minimum absolute atomic E-state index is 0.187. The Bertz CT molecular complexity index is 1060. The van der Waals surface area contributed by atoms with Crippen LogP contribution in [0, 0.1) is 0 Å². The monoisotopic (exact) mass is 413 g/mol. The van der Waals surface area contributed by atoms with Crippen LogP contribution in [0.3, 0.4) is 0 Å². The molecule has 3 aromatic rings. The summed E-state index contributed by atoms with van der Waals surface area (Å²) in [5, 5.41) is 7.71. The molecule has 7 nitrogen and oxygen atoms in total. The topological polar surface area (TPSA) is 82.5 Å². The minimum Gasteiger partial charge on any atom is -0.493 e. The van der Waals surface area contributed by atoms with E-state index in [1.54, 1.807) is 50.6 Å². The van der Waals surface area contributed by atoms with Crippen LogP contribution in [0.25, 0.3) is 11.3 Å². The lowest BCUT2D eigenvalue weighted by Crippen LogP contribution is -2.33. The van der Waals surface area contributed by atoms with Crippen LogP contribution < -0.4 is 20.3 Å². The molecule has 8 heteroatoms. The Morgan fingerprint density at radius 2 is 1.76 bits per heavy atom. The predicted molar refractivity (Wildman–Crippen MR) is 110 cm³/mol. The maximum Gasteiger partial charge on any atom is 0.267 e. The van der Waals surface area contributed by atoms with E-state index >= 15 is 0 Å². The molecule has 3 rings (SSSR count). The molecule has 1 aromatic heterocycles. The Labute approximate surface area is 172 Å². The highest BCUT2D eigenvalue weighted by atomic mass is 35.5. The van der Waals surface area contributed by atoms with E-state index in [2.05, 4.69) is 10.4 Å². The fourth-order valence-corrected chi connectivity index (χ4v) is 2.83. The van der Waals surface area contributed by atoms with Crippen molar-refractivity contribution in [3.05, 3.63) is 75.5 Å². The highest BCUT2D eigenvalue weighted by Crippen LogP contribution is 2.31. The molecule has 0 spiro atoms. The second-order valence-electron chi connectivity index (χ2n) is 6.19. The van der Waals surface area contributed by atoms with Gasteiger partial charge in [-0.25, -0.2) is 4.68 Å². The Hall–Kier alpha value is -3.32. The number of hydrogen-bond acceptors (Lipinski definition) is 5. The van der Waals surface area contributed by atoms with Crippen LogP contribution in [0.15, 0.2) is 59.4 Å². The van der Waals surface area contributed by atoms with Gasteiger partial charge in [-0.15, -0.1) is 0 Å². The van der Waals surface area contributed by atoms with Crippen molar-refractivity contribution >= 4 is 17.5 Å². The van der Waals surface area contributed by atoms with Crippen molar-refractivity contribution in [2.75, 3.05) is 14.2 Å². The van der Waals surface area contributed by atoms with Crippen LogP contribution in [0.4, 0.5) is 0 Å². The summed E-state index contributed by atoms with van der Waals surface area (Å²) in [6.45, 7) is 0.147. The van der Waals surface area contributed by atoms with E-state index in [1.807, 2.05) is 12.1 Å². The molecule has 0 aliphatic heterocycles. The van der Waals surface area contributed by atoms with Crippen molar-refractivity contribution < 1.29 is 14.3 Å². The number of hydrogen-bond donors (Lipinski definition) is 1. The molecule has 150 valence electrons. The fraction of sp³-hybridized carbons (Fsp3) is 0.190. The number of rotatable bonds is 7. The largest absolute Gasteiger partial charge is 0.493 e. The van der Waals surface area contributed by atoms with Crippen LogP contribution in [0.1, 0.15) is 5.56 Å². The lowest BCUT2D eigenvalue weighted by molar-refractivity contribution is -0.122. The van der Waals surface area contributed by atoms with Gasteiger partial charge >= 0.3 is 0 Å². The Morgan fingerprint density at radius 3 is 2.45 bits per heavy atom. The van der Waals surface area contributed by atoms with Gasteiger partial charge in [0.05, 0.1) is 19.9 Å². The van der Waals surface area contributed by atoms with Crippen LogP contribution in [0.2, 0.25) is 5.02 Å². The first-order valence-electron chi connectivity index (χ1n) is 8.82. The highest BCUT2D eigenvalue weighted by molar-refractivity contribution is 6.30. The first-order chi connectivity index (χ1) is 14.0. The molecule has 0 radical (unpaired) electrons. The molecule has 1 amide bonds. The number of nitrogens with one attached hydrogen (secondary N) is 1. The normalized spacial score (nSPS) is 10.4. The van der Waals surface area contributed by atoms with E-state index in [-0.39, 0.29) is 18.0 Å². The second kappa shape index (κ2) is 9.25. The number of carbonyl (C=O) groups is 1. The van der Waals surface area contributed by atoms with E-state index < -0.39 is 0 Å². The van der Waals surface area contributed by atoms with Crippen molar-refractivity contribution in [1.29, 1.82) is 0 Å². The molecule has 0 unspecified atom stereocenters. The second-order valence-corrected chi connectivity index (χ2v) is 6.62. The number of amides is 1. The zero-order valence-corrected chi connectivity index (χ0v) is 16.8. The maximum absolute atomic E-state index is 12.3. The van der Waals surface area contributed by atoms with Gasteiger partial charge in [-0.1, -0.05) is 23.7 Å². The fourth-order valence-electron chi connectivity index (χ4n) is 2.71. The molecule has 0 bridgehead atoms. The third-order valence-corrected chi connectivity index (χ3v) is 4.49. The maximum atomic E-state index is 12.3. The third kappa shape index (κ3) is 5.14. The van der Waals surface area contributed by atoms with Crippen LogP contribution in [-0.4, -0.2) is 29.9 Å². The van der Waals surface area contributed by atoms with Crippen molar-refractivity contribution in [2.45, 2.75) is 13.1 Å². The van der Waals surface area contributed by atoms with Crippen LogP contribution >= 0.6 is 11.6 Å². The van der Waals surface area contributed by atoms with Crippen LogP contribution in [-0.2, 0) is 17.9 Å². The molecule has 1 N–H and O–H groups in total. The van der Waals surface area contributed by atoms with Gasteiger partial charge in [0.15, 0.2) is 11.5 Å². The number of nitrogens with zero attached hydrogens (tertiary/aromatic N) is 2. The van der Waals surface area contributed by atoms with Crippen molar-refractivity contribution in [3.8, 4) is 22.8 Å². The van der Waals surface area contributed by atoms with Crippen molar-refractivity contribution in [2.24, 2.45) is 0 Å². The molecular weight excluding hydrogens is 394 g/mol. The number of aromatic nitrogens is 2. The number of ether oxygens (including phenoxy) is 2. The van der Waals surface area contributed by atoms with Gasteiger partial charge in [0.25, 0.3) is 5.56 Å². The average molecular weight is 414 g/mol. The summed E-state index contributed by atoms with van der Waals surface area (Å²) in [6, 6.07) is 15.5. The van der Waals surface area contributed by atoms with E-state index in [0.29, 0.717) is 28.8 Å². The standard InChI is InChI=1S/C21H20ClN3O4/c1-28-18-9-5-15(11-19(18)29-2)17-8-10-21(27)25(24-17)13-20(26)23-12-14-3-6-16(22)7-4-14/h3-11H,12-13H2,1-2H3,(H,23,26). The molecule has 1 heterocycles. The Morgan fingerprint density at radius 1 is 1.03 bits per heavy atom. The molecule has 0 saturated carbocycles. The van der Waals surface area contributed by atoms with Gasteiger partial charge in [-0.2, -0.15) is 5.10 Å². The van der Waals surface area contributed by atoms with Gasteiger partial charge in [-0.3, -0.25) is 9.59 Å². The quantitative estimate of drug-likeness (QED) is 0.644. The highest BCUT2D eigenvalue weighted by Gasteiger charge is 2.11. The van der Waals surface area contributed by atoms with E-state index in [0.717, 1.165) is 15.8 Å². The zero-order chi connectivity index (χ0) is 20.8. The van der Waals surface area contributed by atoms with Crippen molar-refractivity contribution in [3.63, 3.8) is 0 Å². The number of benzene rings is 2. The van der Waals surface area contributed by atoms with Crippen molar-refractivity contribution in [1.82, 2.24) is 15.1 Å². The zero-order valence-electron chi connectivity index (χ0n) is 16.0. The molecule has 29 heavy (non-hydrogen) atoms. The number of halogens is 1. The first kappa shape index (κ1) is 20.4. The molecular formula is C21H20ClN3O4. The summed E-state index contributed by atoms with van der Waals surface area (Å²) in [7, 11) is 3.10. The average Bonchev–Trinajstić information content (AvgIpc) is 2.74. The van der Waals surface area contributed by atoms with Gasteiger partial charge < -0.3 is 14.8 Å². The third-order valence-electron chi connectivity index (χ3n) is 4.24. The lowest BCUT2D eigenvalue weighted by Gasteiger charge is -2.11. The van der Waals surface area contributed by atoms with Crippen LogP contribution in [0.5, 0.6) is 11.5 Å². The Balaban J connectivity index is 1.74. The summed E-state index contributed by atoms with van der Waals surface area (Å²) in [6.07, 6.45) is 0. The minimum atomic E-state index is -0.365. The van der Waals surface area contributed by atoms with E-state index in [4.69, 9.17) is 21.1 Å². The lowest BCUT2D eigenvalue weighted by atomic mass is 10.1. The number of methoxy groups -OCH3 is 2. The molecule has 0 fully saturated rings. The summed E-state index contributed by atoms with van der Waals surface area (Å²) >= 11 is 5.85. The van der Waals surface area contributed by atoms with Gasteiger partial charge in [-0.05, 0) is 42.0 Å². The van der Waals surface area contributed by atoms with Gasteiger partial charge in [0.1, 0.15) is 6.54 Å². The molecule has 0 atom stereocenters. The molecule has 0 saturated heterocycles. The summed E-state index contributed by atoms with van der Waals surface area (Å²) in [5.41, 5.74) is 1.81. The molecule has 0 aliphatic carbocycles. The molecule has 0 aliphatic rings. The predicted octanol–water partition coefficient (Wildman–Crippen LogP) is 2.90. The van der Waals surface area contributed by atoms with Gasteiger partial charge in [0, 0.05) is 23.2 Å². The summed E-state index contributed by atoms with van der Waals surface area (Å²) in [5.74, 6) is 0.815. The van der Waals surface area contributed by atoms with E-state index in [9.17, 15) is 9.59 Å². The van der Waals surface area contributed by atoms with Gasteiger partial charge in [0.2, 0.25) is 5.91 Å².